The van der Waals surface area contributed by atoms with Crippen LogP contribution in [0.5, 0.6) is 34.5 Å². The van der Waals surface area contributed by atoms with Crippen molar-refractivity contribution in [1.82, 2.24) is 0 Å². The molecular formula is C31H30O5. The fourth-order valence-electron chi connectivity index (χ4n) is 4.36. The third kappa shape index (κ3) is 5.74. The zero-order valence-corrected chi connectivity index (χ0v) is 20.7. The van der Waals surface area contributed by atoms with E-state index in [0.29, 0.717) is 11.5 Å². The van der Waals surface area contributed by atoms with Crippen molar-refractivity contribution < 1.29 is 23.7 Å². The van der Waals surface area contributed by atoms with E-state index in [4.69, 9.17) is 23.7 Å². The molecule has 5 rings (SSSR count). The molecule has 5 heteroatoms. The molecule has 1 aliphatic rings. The lowest BCUT2D eigenvalue weighted by molar-refractivity contribution is 0.171. The van der Waals surface area contributed by atoms with Gasteiger partial charge in [-0.15, -0.1) is 0 Å². The lowest BCUT2D eigenvalue weighted by Crippen LogP contribution is -1.95. The minimum absolute atomic E-state index is 0.233. The van der Waals surface area contributed by atoms with E-state index in [1.54, 1.807) is 14.2 Å². The van der Waals surface area contributed by atoms with Crippen molar-refractivity contribution >= 4 is 0 Å². The predicted molar refractivity (Wildman–Crippen MR) is 140 cm³/mol. The Balaban J connectivity index is 1.20. The first kappa shape index (κ1) is 23.6. The third-order valence-corrected chi connectivity index (χ3v) is 6.31. The van der Waals surface area contributed by atoms with Crippen LogP contribution < -0.4 is 23.7 Å². The van der Waals surface area contributed by atoms with Crippen LogP contribution >= 0.6 is 0 Å². The molecular weight excluding hydrogens is 452 g/mol. The van der Waals surface area contributed by atoms with Crippen molar-refractivity contribution in [3.8, 4) is 34.5 Å². The van der Waals surface area contributed by atoms with Gasteiger partial charge in [0.2, 0.25) is 12.5 Å². The molecule has 0 saturated carbocycles. The van der Waals surface area contributed by atoms with Crippen LogP contribution in [0.15, 0.2) is 84.9 Å². The molecule has 0 atom stereocenters. The van der Waals surface area contributed by atoms with Crippen LogP contribution in [0.25, 0.3) is 0 Å². The molecule has 5 nitrogen and oxygen atoms in total. The van der Waals surface area contributed by atoms with Gasteiger partial charge >= 0.3 is 0 Å². The second-order valence-corrected chi connectivity index (χ2v) is 8.78. The highest BCUT2D eigenvalue weighted by Crippen LogP contribution is 2.42. The van der Waals surface area contributed by atoms with Gasteiger partial charge in [0.15, 0.2) is 11.5 Å². The van der Waals surface area contributed by atoms with Gasteiger partial charge in [0.05, 0.1) is 14.2 Å². The van der Waals surface area contributed by atoms with Gasteiger partial charge in [0, 0.05) is 0 Å². The molecule has 0 aromatic heterocycles. The van der Waals surface area contributed by atoms with Crippen LogP contribution in [0, 0.1) is 0 Å². The molecule has 4 aromatic rings. The van der Waals surface area contributed by atoms with Crippen LogP contribution in [0.2, 0.25) is 0 Å². The van der Waals surface area contributed by atoms with Crippen LogP contribution in [-0.2, 0) is 25.7 Å². The lowest BCUT2D eigenvalue weighted by atomic mass is 10.0. The van der Waals surface area contributed by atoms with E-state index in [0.717, 1.165) is 54.2 Å². The number of methoxy groups -OCH3 is 2. The van der Waals surface area contributed by atoms with E-state index in [1.165, 1.54) is 16.7 Å². The monoisotopic (exact) mass is 482 g/mol. The molecule has 1 heterocycles. The first-order chi connectivity index (χ1) is 17.7. The highest BCUT2D eigenvalue weighted by Gasteiger charge is 2.20. The van der Waals surface area contributed by atoms with Crippen LogP contribution in [-0.4, -0.2) is 21.0 Å². The molecule has 0 fully saturated rings. The van der Waals surface area contributed by atoms with Crippen LogP contribution in [0.4, 0.5) is 0 Å². The number of hydrogen-bond donors (Lipinski definition) is 0. The average molecular weight is 483 g/mol. The summed E-state index contributed by atoms with van der Waals surface area (Å²) in [6, 6.07) is 28.9. The lowest BCUT2D eigenvalue weighted by Gasteiger charge is -2.11. The highest BCUT2D eigenvalue weighted by atomic mass is 16.7. The molecule has 0 bridgehead atoms. The number of ether oxygens (including phenoxy) is 5. The number of aryl methyl sites for hydroxylation is 4. The standard InChI is InChI=1S/C31H30O5/c1-32-26-15-13-22(14-16-26)9-10-23-5-3-7-27(17-23)36-28-8-4-6-24(18-28)11-12-25-19-29(33-2)31-30(20-25)34-21-35-31/h3-8,13-20H,9-12,21H2,1-2H3. The summed E-state index contributed by atoms with van der Waals surface area (Å²) in [5, 5.41) is 0. The Labute approximate surface area is 212 Å². The van der Waals surface area contributed by atoms with Gasteiger partial charge in [0.25, 0.3) is 0 Å². The maximum absolute atomic E-state index is 6.22. The Kier molecular flexibility index (Phi) is 7.27. The Morgan fingerprint density at radius 2 is 1.22 bits per heavy atom. The molecule has 0 amide bonds. The summed E-state index contributed by atoms with van der Waals surface area (Å²) < 4.78 is 28.0. The van der Waals surface area contributed by atoms with Gasteiger partial charge in [-0.3, -0.25) is 0 Å². The summed E-state index contributed by atoms with van der Waals surface area (Å²) in [7, 11) is 3.34. The molecule has 0 radical (unpaired) electrons. The maximum Gasteiger partial charge on any atom is 0.231 e. The Bertz CT molecular complexity index is 1310. The van der Waals surface area contributed by atoms with Gasteiger partial charge < -0.3 is 23.7 Å². The average Bonchev–Trinajstić information content (AvgIpc) is 3.40. The molecule has 1 aliphatic heterocycles. The summed E-state index contributed by atoms with van der Waals surface area (Å²) in [5.74, 6) is 4.70. The van der Waals surface area contributed by atoms with Crippen molar-refractivity contribution in [2.75, 3.05) is 21.0 Å². The van der Waals surface area contributed by atoms with Gasteiger partial charge in [-0.2, -0.15) is 0 Å². The van der Waals surface area contributed by atoms with E-state index in [1.807, 2.05) is 42.5 Å². The number of rotatable bonds is 10. The third-order valence-electron chi connectivity index (χ3n) is 6.31. The smallest absolute Gasteiger partial charge is 0.231 e. The molecule has 184 valence electrons. The summed E-state index contributed by atoms with van der Waals surface area (Å²) in [5.41, 5.74) is 4.89. The minimum Gasteiger partial charge on any atom is -0.497 e. The van der Waals surface area contributed by atoms with E-state index in [9.17, 15) is 0 Å². The first-order valence-corrected chi connectivity index (χ1v) is 12.2. The normalized spacial score (nSPS) is 11.8. The van der Waals surface area contributed by atoms with Crippen LogP contribution in [0.1, 0.15) is 22.3 Å². The van der Waals surface area contributed by atoms with Crippen molar-refractivity contribution in [2.45, 2.75) is 25.7 Å². The summed E-state index contributed by atoms with van der Waals surface area (Å²) in [6.07, 6.45) is 3.65. The first-order valence-electron chi connectivity index (χ1n) is 12.2. The molecule has 36 heavy (non-hydrogen) atoms. The van der Waals surface area contributed by atoms with Crippen molar-refractivity contribution in [3.05, 3.63) is 107 Å². The fourth-order valence-corrected chi connectivity index (χ4v) is 4.36. The van der Waals surface area contributed by atoms with Gasteiger partial charge in [-0.05, 0) is 96.5 Å². The van der Waals surface area contributed by atoms with Crippen molar-refractivity contribution in [3.63, 3.8) is 0 Å². The summed E-state index contributed by atoms with van der Waals surface area (Å²) in [6.45, 7) is 0.233. The predicted octanol–water partition coefficient (Wildman–Crippen LogP) is 6.80. The molecule has 0 spiro atoms. The zero-order chi connectivity index (χ0) is 24.7. The Morgan fingerprint density at radius 3 is 1.86 bits per heavy atom. The summed E-state index contributed by atoms with van der Waals surface area (Å²) in [4.78, 5) is 0. The van der Waals surface area contributed by atoms with Gasteiger partial charge in [0.1, 0.15) is 17.2 Å². The minimum atomic E-state index is 0.233. The van der Waals surface area contributed by atoms with E-state index < -0.39 is 0 Å². The summed E-state index contributed by atoms with van der Waals surface area (Å²) >= 11 is 0. The topological polar surface area (TPSA) is 46.2 Å². The highest BCUT2D eigenvalue weighted by molar-refractivity contribution is 5.55. The quantitative estimate of drug-likeness (QED) is 0.249. The van der Waals surface area contributed by atoms with Crippen molar-refractivity contribution in [2.24, 2.45) is 0 Å². The second kappa shape index (κ2) is 11.1. The Hall–Kier alpha value is -4.12. The molecule has 0 aliphatic carbocycles. The largest absolute Gasteiger partial charge is 0.497 e. The fraction of sp³-hybridized carbons (Fsp3) is 0.226. The zero-order valence-electron chi connectivity index (χ0n) is 20.7. The molecule has 0 unspecified atom stereocenters. The van der Waals surface area contributed by atoms with E-state index in [2.05, 4.69) is 42.5 Å². The Morgan fingerprint density at radius 1 is 0.583 bits per heavy atom. The molecule has 0 saturated heterocycles. The van der Waals surface area contributed by atoms with Gasteiger partial charge in [-0.1, -0.05) is 36.4 Å². The van der Waals surface area contributed by atoms with E-state index >= 15 is 0 Å². The second-order valence-electron chi connectivity index (χ2n) is 8.78. The maximum atomic E-state index is 6.22. The molecule has 0 N–H and O–H groups in total. The molecule has 4 aromatic carbocycles. The van der Waals surface area contributed by atoms with Crippen molar-refractivity contribution in [1.29, 1.82) is 0 Å². The number of benzene rings is 4. The number of fused-ring (bicyclic) bond motifs is 1. The SMILES string of the molecule is COc1ccc(CCc2cccc(Oc3cccc(CCc4cc(OC)c5c(c4)OCO5)c3)c2)cc1. The van der Waals surface area contributed by atoms with Gasteiger partial charge in [-0.25, -0.2) is 0 Å². The van der Waals surface area contributed by atoms with E-state index in [-0.39, 0.29) is 6.79 Å². The number of hydrogen-bond acceptors (Lipinski definition) is 5. The van der Waals surface area contributed by atoms with Crippen LogP contribution in [0.3, 0.4) is 0 Å².